The molecule has 3 aromatic rings. The molecule has 0 aliphatic carbocycles. The van der Waals surface area contributed by atoms with Crippen LogP contribution in [0.15, 0.2) is 34.7 Å². The molecule has 2 unspecified atom stereocenters. The molecule has 2 heterocycles. The van der Waals surface area contributed by atoms with Gasteiger partial charge in [-0.2, -0.15) is 0 Å². The Labute approximate surface area is 144 Å². The Hall–Kier alpha value is -2.05. The van der Waals surface area contributed by atoms with Gasteiger partial charge in [-0.05, 0) is 45.9 Å². The lowest BCUT2D eigenvalue weighted by Gasteiger charge is -2.17. The molecule has 0 fully saturated rings. The van der Waals surface area contributed by atoms with Crippen molar-refractivity contribution in [3.8, 4) is 10.6 Å². The van der Waals surface area contributed by atoms with Crippen molar-refractivity contribution in [2.45, 2.75) is 39.8 Å². The van der Waals surface area contributed by atoms with Gasteiger partial charge in [-0.3, -0.25) is 0 Å². The van der Waals surface area contributed by atoms with Crippen molar-refractivity contribution in [3.05, 3.63) is 58.2 Å². The molecule has 126 valence electrons. The zero-order chi connectivity index (χ0) is 17.3. The molecule has 0 spiro atoms. The number of benzene rings is 1. The molecule has 6 heteroatoms. The summed E-state index contributed by atoms with van der Waals surface area (Å²) >= 11 is 1.47. The van der Waals surface area contributed by atoms with Crippen molar-refractivity contribution in [1.82, 2.24) is 15.5 Å². The number of rotatable bonds is 5. The molecule has 4 nitrogen and oxygen atoms in total. The highest BCUT2D eigenvalue weighted by Gasteiger charge is 2.18. The van der Waals surface area contributed by atoms with Gasteiger partial charge in [-0.25, -0.2) is 4.39 Å². The smallest absolute Gasteiger partial charge is 0.147 e. The maximum Gasteiger partial charge on any atom is 0.147 e. The highest BCUT2D eigenvalue weighted by atomic mass is 32.1. The molecule has 0 saturated heterocycles. The average molecular weight is 345 g/mol. The van der Waals surface area contributed by atoms with Crippen LogP contribution in [0, 0.1) is 19.7 Å². The summed E-state index contributed by atoms with van der Waals surface area (Å²) in [5.41, 5.74) is 1.90. The fraction of sp³-hybridized carbons (Fsp3) is 0.333. The van der Waals surface area contributed by atoms with Gasteiger partial charge in [0.15, 0.2) is 0 Å². The van der Waals surface area contributed by atoms with E-state index in [2.05, 4.69) is 35.4 Å². The Morgan fingerprint density at radius 2 is 1.92 bits per heavy atom. The van der Waals surface area contributed by atoms with Crippen LogP contribution in [0.25, 0.3) is 10.6 Å². The van der Waals surface area contributed by atoms with E-state index in [1.54, 1.807) is 6.07 Å². The minimum atomic E-state index is -0.269. The second kappa shape index (κ2) is 6.83. The third-order valence-corrected chi connectivity index (χ3v) is 5.08. The molecule has 2 atom stereocenters. The summed E-state index contributed by atoms with van der Waals surface area (Å²) in [5, 5.41) is 13.6. The Morgan fingerprint density at radius 3 is 2.58 bits per heavy atom. The first-order valence-electron chi connectivity index (χ1n) is 7.86. The molecule has 1 aromatic carbocycles. The molecular weight excluding hydrogens is 325 g/mol. The lowest BCUT2D eigenvalue weighted by molar-refractivity contribution is 0.467. The predicted molar refractivity (Wildman–Crippen MR) is 93.5 cm³/mol. The molecular formula is C18H20FN3OS. The van der Waals surface area contributed by atoms with Gasteiger partial charge in [0.25, 0.3) is 0 Å². The Kier molecular flexibility index (Phi) is 4.78. The van der Waals surface area contributed by atoms with E-state index in [-0.39, 0.29) is 17.9 Å². The number of aryl methyl sites for hydroxylation is 2. The first-order valence-corrected chi connectivity index (χ1v) is 8.68. The predicted octanol–water partition coefficient (Wildman–Crippen LogP) is 4.97. The summed E-state index contributed by atoms with van der Waals surface area (Å²) in [6.45, 7) is 8.07. The second-order valence-electron chi connectivity index (χ2n) is 5.93. The Balaban J connectivity index is 1.74. The minimum Gasteiger partial charge on any atom is -0.466 e. The second-order valence-corrected chi connectivity index (χ2v) is 6.94. The van der Waals surface area contributed by atoms with Crippen molar-refractivity contribution in [1.29, 1.82) is 0 Å². The summed E-state index contributed by atoms with van der Waals surface area (Å²) in [7, 11) is 0. The maximum atomic E-state index is 13.4. The number of hydrogen-bond donors (Lipinski definition) is 1. The van der Waals surface area contributed by atoms with Gasteiger partial charge in [0.05, 0.1) is 6.04 Å². The summed E-state index contributed by atoms with van der Waals surface area (Å²) in [5.74, 6) is 1.57. The van der Waals surface area contributed by atoms with Gasteiger partial charge in [0, 0.05) is 17.2 Å². The van der Waals surface area contributed by atoms with E-state index in [1.807, 2.05) is 19.9 Å². The zero-order valence-electron chi connectivity index (χ0n) is 14.1. The first-order chi connectivity index (χ1) is 11.4. The van der Waals surface area contributed by atoms with Gasteiger partial charge >= 0.3 is 0 Å². The van der Waals surface area contributed by atoms with Crippen molar-refractivity contribution in [2.24, 2.45) is 0 Å². The van der Waals surface area contributed by atoms with Crippen LogP contribution in [0.1, 0.15) is 48.0 Å². The summed E-state index contributed by atoms with van der Waals surface area (Å²) in [6.07, 6.45) is 0. The zero-order valence-corrected chi connectivity index (χ0v) is 14.9. The van der Waals surface area contributed by atoms with Crippen LogP contribution in [0.2, 0.25) is 0 Å². The lowest BCUT2D eigenvalue weighted by atomic mass is 10.1. The topological polar surface area (TPSA) is 51.0 Å². The Bertz CT molecular complexity index is 842. The van der Waals surface area contributed by atoms with Crippen LogP contribution in [0.5, 0.6) is 0 Å². The van der Waals surface area contributed by atoms with Crippen molar-refractivity contribution >= 4 is 11.3 Å². The third kappa shape index (κ3) is 3.55. The van der Waals surface area contributed by atoms with E-state index in [0.717, 1.165) is 32.7 Å². The molecule has 0 bridgehead atoms. The van der Waals surface area contributed by atoms with Crippen LogP contribution < -0.4 is 5.32 Å². The fourth-order valence-electron chi connectivity index (χ4n) is 2.76. The average Bonchev–Trinajstić information content (AvgIpc) is 3.14. The number of nitrogens with zero attached hydrogens (tertiary/aromatic N) is 2. The molecule has 0 amide bonds. The first kappa shape index (κ1) is 16.8. The number of hydrogen-bond acceptors (Lipinski definition) is 5. The van der Waals surface area contributed by atoms with E-state index in [9.17, 15) is 4.39 Å². The molecule has 0 radical (unpaired) electrons. The molecule has 24 heavy (non-hydrogen) atoms. The quantitative estimate of drug-likeness (QED) is 0.709. The molecule has 0 aliphatic heterocycles. The number of halogens is 1. The van der Waals surface area contributed by atoms with Crippen LogP contribution in [-0.4, -0.2) is 10.2 Å². The molecule has 3 rings (SSSR count). The van der Waals surface area contributed by atoms with E-state index in [1.165, 1.54) is 23.5 Å². The number of nitrogens with one attached hydrogen (secondary N) is 1. The van der Waals surface area contributed by atoms with Gasteiger partial charge in [-0.15, -0.1) is 10.2 Å². The lowest BCUT2D eigenvalue weighted by Crippen LogP contribution is -2.22. The van der Waals surface area contributed by atoms with Gasteiger partial charge in [-0.1, -0.05) is 23.5 Å². The van der Waals surface area contributed by atoms with Gasteiger partial charge < -0.3 is 9.73 Å². The minimum absolute atomic E-state index is 0.0365. The summed E-state index contributed by atoms with van der Waals surface area (Å²) in [6, 6.07) is 8.65. The largest absolute Gasteiger partial charge is 0.466 e. The van der Waals surface area contributed by atoms with Crippen molar-refractivity contribution < 1.29 is 8.81 Å². The maximum absolute atomic E-state index is 13.4. The SMILES string of the molecule is Cc1cc(C(C)NC(C)c2nnc(-c3cccc(F)c3)s2)c(C)o1. The molecule has 1 N–H and O–H groups in total. The van der Waals surface area contributed by atoms with E-state index in [4.69, 9.17) is 4.42 Å². The van der Waals surface area contributed by atoms with Gasteiger partial charge in [0.2, 0.25) is 0 Å². The number of aromatic nitrogens is 2. The molecule has 2 aromatic heterocycles. The highest BCUT2D eigenvalue weighted by Crippen LogP contribution is 2.29. The third-order valence-electron chi connectivity index (χ3n) is 3.93. The van der Waals surface area contributed by atoms with Crippen LogP contribution in [-0.2, 0) is 0 Å². The van der Waals surface area contributed by atoms with E-state index < -0.39 is 0 Å². The van der Waals surface area contributed by atoms with E-state index >= 15 is 0 Å². The standard InChI is InChI=1S/C18H20FN3OS/c1-10-8-16(13(4)23-10)11(2)20-12(3)17-21-22-18(24-17)14-6-5-7-15(19)9-14/h5-9,11-12,20H,1-4H3. The normalized spacial score (nSPS) is 13.9. The van der Waals surface area contributed by atoms with Crippen molar-refractivity contribution in [2.75, 3.05) is 0 Å². The van der Waals surface area contributed by atoms with Gasteiger partial charge in [0.1, 0.15) is 27.4 Å². The molecule has 0 aliphatic rings. The van der Waals surface area contributed by atoms with Crippen LogP contribution in [0.3, 0.4) is 0 Å². The van der Waals surface area contributed by atoms with E-state index in [0.29, 0.717) is 0 Å². The Morgan fingerprint density at radius 1 is 1.12 bits per heavy atom. The monoisotopic (exact) mass is 345 g/mol. The summed E-state index contributed by atoms with van der Waals surface area (Å²) in [4.78, 5) is 0. The number of furan rings is 1. The molecule has 0 saturated carbocycles. The summed E-state index contributed by atoms with van der Waals surface area (Å²) < 4.78 is 18.9. The van der Waals surface area contributed by atoms with Crippen LogP contribution in [0.4, 0.5) is 4.39 Å². The van der Waals surface area contributed by atoms with Crippen LogP contribution >= 0.6 is 11.3 Å². The fourth-order valence-corrected chi connectivity index (χ4v) is 3.62. The van der Waals surface area contributed by atoms with Crippen molar-refractivity contribution in [3.63, 3.8) is 0 Å². The highest BCUT2D eigenvalue weighted by molar-refractivity contribution is 7.14.